The predicted molar refractivity (Wildman–Crippen MR) is 116 cm³/mol. The molecule has 1 saturated heterocycles. The van der Waals surface area contributed by atoms with Gasteiger partial charge in [-0.05, 0) is 55.6 Å². The molecule has 3 aromatic rings. The molecule has 4 rings (SSSR count). The lowest BCUT2D eigenvalue weighted by Crippen LogP contribution is -2.44. The largest absolute Gasteiger partial charge is 0.419 e. The second-order valence-electron chi connectivity index (χ2n) is 6.88. The van der Waals surface area contributed by atoms with Crippen molar-refractivity contribution >= 4 is 43.3 Å². The van der Waals surface area contributed by atoms with E-state index >= 15 is 0 Å². The highest BCUT2D eigenvalue weighted by molar-refractivity contribution is 9.10. The summed E-state index contributed by atoms with van der Waals surface area (Å²) in [6.07, 6.45) is 0. The molecule has 0 atom stereocenters. The summed E-state index contributed by atoms with van der Waals surface area (Å²) < 4.78 is 33.7. The minimum atomic E-state index is -3.87. The lowest BCUT2D eigenvalue weighted by atomic mass is 10.2. The number of rotatable bonds is 4. The number of piperazine rings is 1. The van der Waals surface area contributed by atoms with E-state index in [9.17, 15) is 8.42 Å². The van der Waals surface area contributed by atoms with E-state index in [1.807, 2.05) is 36.2 Å². The first-order chi connectivity index (χ1) is 13.8. The summed E-state index contributed by atoms with van der Waals surface area (Å²) in [5.41, 5.74) is 0.709. The first kappa shape index (κ1) is 20.4. The molecule has 2 heterocycles. The molecule has 1 fully saturated rings. The zero-order valence-electron chi connectivity index (χ0n) is 15.7. The topological polar surface area (TPSA) is 66.7 Å². The van der Waals surface area contributed by atoms with Crippen LogP contribution in [0, 0.1) is 0 Å². The van der Waals surface area contributed by atoms with Crippen molar-refractivity contribution in [3.63, 3.8) is 0 Å². The lowest BCUT2D eigenvalue weighted by Gasteiger charge is -2.32. The fraction of sp³-hybridized carbons (Fsp3) is 0.250. The lowest BCUT2D eigenvalue weighted by molar-refractivity contribution is 0.305. The Labute approximate surface area is 183 Å². The minimum absolute atomic E-state index is 0.0673. The molecule has 29 heavy (non-hydrogen) atoms. The van der Waals surface area contributed by atoms with Crippen LogP contribution >= 0.6 is 27.5 Å². The van der Waals surface area contributed by atoms with E-state index < -0.39 is 9.84 Å². The van der Waals surface area contributed by atoms with Crippen LogP contribution in [-0.4, -0.2) is 51.5 Å². The average molecular weight is 497 g/mol. The molecule has 1 aliphatic rings. The molecular formula is C20H19BrClN3O3S. The second-order valence-corrected chi connectivity index (χ2v) is 10.1. The SMILES string of the molecule is CN1CCN(c2oc(-c3ccc(Br)cc3)nc2S(=O)(=O)c2ccc(Cl)cc2)CC1. The van der Waals surface area contributed by atoms with E-state index in [0.717, 1.165) is 17.6 Å². The number of hydrogen-bond acceptors (Lipinski definition) is 6. The van der Waals surface area contributed by atoms with Crippen LogP contribution < -0.4 is 4.90 Å². The summed E-state index contributed by atoms with van der Waals surface area (Å²) in [4.78, 5) is 8.68. The van der Waals surface area contributed by atoms with Gasteiger partial charge in [0.2, 0.25) is 26.6 Å². The number of aromatic nitrogens is 1. The number of likely N-dealkylation sites (N-methyl/N-ethyl adjacent to an activating group) is 1. The number of oxazole rings is 1. The molecule has 0 spiro atoms. The van der Waals surface area contributed by atoms with Gasteiger partial charge < -0.3 is 14.2 Å². The smallest absolute Gasteiger partial charge is 0.236 e. The summed E-state index contributed by atoms with van der Waals surface area (Å²) in [5, 5.41) is 0.404. The quantitative estimate of drug-likeness (QED) is 0.535. The number of hydrogen-bond donors (Lipinski definition) is 0. The van der Waals surface area contributed by atoms with E-state index in [0.29, 0.717) is 23.7 Å². The van der Waals surface area contributed by atoms with Crippen molar-refractivity contribution in [3.8, 4) is 11.5 Å². The highest BCUT2D eigenvalue weighted by atomic mass is 79.9. The van der Waals surface area contributed by atoms with Gasteiger partial charge in [0.15, 0.2) is 0 Å². The molecule has 2 aromatic carbocycles. The summed E-state index contributed by atoms with van der Waals surface area (Å²) in [5.74, 6) is 0.560. The Morgan fingerprint density at radius 3 is 2.24 bits per heavy atom. The van der Waals surface area contributed by atoms with Crippen LogP contribution in [0.15, 0.2) is 67.3 Å². The minimum Gasteiger partial charge on any atom is -0.419 e. The molecule has 0 aliphatic carbocycles. The number of halogens is 2. The van der Waals surface area contributed by atoms with Crippen LogP contribution in [0.3, 0.4) is 0 Å². The van der Waals surface area contributed by atoms with Gasteiger partial charge in [-0.2, -0.15) is 4.98 Å². The van der Waals surface area contributed by atoms with Gasteiger partial charge >= 0.3 is 0 Å². The highest BCUT2D eigenvalue weighted by Crippen LogP contribution is 2.35. The molecule has 0 amide bonds. The second kappa shape index (κ2) is 8.10. The van der Waals surface area contributed by atoms with Crippen LogP contribution in [0.4, 0.5) is 5.88 Å². The van der Waals surface area contributed by atoms with Gasteiger partial charge in [0, 0.05) is 41.2 Å². The van der Waals surface area contributed by atoms with Crippen LogP contribution in [-0.2, 0) is 9.84 Å². The first-order valence-electron chi connectivity index (χ1n) is 9.05. The van der Waals surface area contributed by atoms with Crippen molar-refractivity contribution in [1.82, 2.24) is 9.88 Å². The zero-order chi connectivity index (χ0) is 20.6. The Morgan fingerprint density at radius 1 is 1.00 bits per heavy atom. The summed E-state index contributed by atoms with van der Waals surface area (Å²) in [6.45, 7) is 2.95. The average Bonchev–Trinajstić information content (AvgIpc) is 3.16. The Bertz CT molecular complexity index is 1110. The molecular weight excluding hydrogens is 478 g/mol. The maximum Gasteiger partial charge on any atom is 0.236 e. The van der Waals surface area contributed by atoms with E-state index in [-0.39, 0.29) is 21.7 Å². The standard InChI is InChI=1S/C20H19BrClN3O3S/c1-24-10-12-25(13-11-24)20-19(29(26,27)17-8-6-16(22)7-9-17)23-18(28-20)14-2-4-15(21)5-3-14/h2-9H,10-13H2,1H3. The molecule has 1 aromatic heterocycles. The molecule has 6 nitrogen and oxygen atoms in total. The Hall–Kier alpha value is -1.87. The van der Waals surface area contributed by atoms with E-state index in [1.54, 1.807) is 12.1 Å². The van der Waals surface area contributed by atoms with Crippen molar-refractivity contribution in [3.05, 3.63) is 58.0 Å². The highest BCUT2D eigenvalue weighted by Gasteiger charge is 2.32. The third-order valence-electron chi connectivity index (χ3n) is 4.84. The molecule has 0 unspecified atom stereocenters. The molecule has 0 N–H and O–H groups in total. The Morgan fingerprint density at radius 2 is 1.62 bits per heavy atom. The number of nitrogens with zero attached hydrogens (tertiary/aromatic N) is 3. The zero-order valence-corrected chi connectivity index (χ0v) is 18.8. The Balaban J connectivity index is 1.82. The number of anilines is 1. The molecule has 0 radical (unpaired) electrons. The Kier molecular flexibility index (Phi) is 5.70. The van der Waals surface area contributed by atoms with Gasteiger partial charge in [0.25, 0.3) is 0 Å². The molecule has 0 bridgehead atoms. The van der Waals surface area contributed by atoms with E-state index in [1.165, 1.54) is 12.1 Å². The van der Waals surface area contributed by atoms with Crippen molar-refractivity contribution in [2.45, 2.75) is 9.92 Å². The van der Waals surface area contributed by atoms with Crippen molar-refractivity contribution in [2.75, 3.05) is 38.1 Å². The fourth-order valence-corrected chi connectivity index (χ4v) is 4.84. The summed E-state index contributed by atoms with van der Waals surface area (Å²) in [6, 6.07) is 13.5. The molecule has 1 aliphatic heterocycles. The van der Waals surface area contributed by atoms with E-state index in [4.69, 9.17) is 16.0 Å². The fourth-order valence-electron chi connectivity index (χ4n) is 3.12. The normalized spacial score (nSPS) is 15.6. The van der Waals surface area contributed by atoms with Gasteiger partial charge in [-0.15, -0.1) is 0 Å². The van der Waals surface area contributed by atoms with Gasteiger partial charge in [0.05, 0.1) is 4.90 Å². The van der Waals surface area contributed by atoms with Crippen molar-refractivity contribution < 1.29 is 12.8 Å². The van der Waals surface area contributed by atoms with Gasteiger partial charge in [-0.1, -0.05) is 27.5 Å². The first-order valence-corrected chi connectivity index (χ1v) is 11.7. The molecule has 9 heteroatoms. The molecule has 0 saturated carbocycles. The van der Waals surface area contributed by atoms with Gasteiger partial charge in [-0.3, -0.25) is 0 Å². The number of benzene rings is 2. The monoisotopic (exact) mass is 495 g/mol. The predicted octanol–water partition coefficient (Wildman–Crippen LogP) is 4.34. The maximum atomic E-state index is 13.4. The van der Waals surface area contributed by atoms with Gasteiger partial charge in [-0.25, -0.2) is 8.42 Å². The maximum absolute atomic E-state index is 13.4. The third-order valence-corrected chi connectivity index (χ3v) is 7.29. The van der Waals surface area contributed by atoms with Crippen LogP contribution in [0.5, 0.6) is 0 Å². The van der Waals surface area contributed by atoms with Crippen molar-refractivity contribution in [2.24, 2.45) is 0 Å². The van der Waals surface area contributed by atoms with Crippen LogP contribution in [0.2, 0.25) is 5.02 Å². The summed E-state index contributed by atoms with van der Waals surface area (Å²) >= 11 is 9.33. The van der Waals surface area contributed by atoms with E-state index in [2.05, 4.69) is 25.8 Å². The summed E-state index contributed by atoms with van der Waals surface area (Å²) in [7, 11) is -1.83. The van der Waals surface area contributed by atoms with Crippen LogP contribution in [0.25, 0.3) is 11.5 Å². The van der Waals surface area contributed by atoms with Gasteiger partial charge in [0.1, 0.15) is 0 Å². The van der Waals surface area contributed by atoms with Crippen LogP contribution in [0.1, 0.15) is 0 Å². The third kappa shape index (κ3) is 4.21. The number of sulfone groups is 1. The molecule has 152 valence electrons. The van der Waals surface area contributed by atoms with Crippen molar-refractivity contribution in [1.29, 1.82) is 0 Å².